The topological polar surface area (TPSA) is 107 Å². The van der Waals surface area contributed by atoms with Crippen molar-refractivity contribution in [2.24, 2.45) is 4.99 Å². The van der Waals surface area contributed by atoms with Gasteiger partial charge in [0.15, 0.2) is 4.80 Å². The number of carbonyl (C=O) groups excluding carboxylic acids is 3. The third kappa shape index (κ3) is 4.06. The Hall–Kier alpha value is -4.31. The molecule has 0 spiro atoms. The van der Waals surface area contributed by atoms with E-state index in [2.05, 4.69) is 4.99 Å². The summed E-state index contributed by atoms with van der Waals surface area (Å²) in [5.41, 5.74) is 2.59. The first-order valence-electron chi connectivity index (χ1n) is 12.2. The summed E-state index contributed by atoms with van der Waals surface area (Å²) < 4.78 is 12.2. The van der Waals surface area contributed by atoms with Crippen LogP contribution in [0.3, 0.4) is 0 Å². The lowest BCUT2D eigenvalue weighted by atomic mass is 9.96. The number of ether oxygens (including phenoxy) is 2. The predicted octanol–water partition coefficient (Wildman–Crippen LogP) is 2.46. The van der Waals surface area contributed by atoms with Crippen LogP contribution in [0.15, 0.2) is 69.6 Å². The Labute approximate surface area is 221 Å². The summed E-state index contributed by atoms with van der Waals surface area (Å²) in [5, 5.41) is 0. The van der Waals surface area contributed by atoms with E-state index in [4.69, 9.17) is 9.47 Å². The molecule has 0 fully saturated rings. The van der Waals surface area contributed by atoms with E-state index >= 15 is 0 Å². The number of benzene rings is 2. The highest BCUT2D eigenvalue weighted by atomic mass is 32.1. The molecule has 0 saturated heterocycles. The van der Waals surface area contributed by atoms with Gasteiger partial charge in [-0.3, -0.25) is 19.0 Å². The van der Waals surface area contributed by atoms with Gasteiger partial charge in [0.2, 0.25) is 0 Å². The van der Waals surface area contributed by atoms with Gasteiger partial charge in [0.1, 0.15) is 10.3 Å². The van der Waals surface area contributed by atoms with Crippen LogP contribution in [-0.4, -0.2) is 35.6 Å². The number of hydrogen-bond acceptors (Lipinski definition) is 8. The first-order valence-corrected chi connectivity index (χ1v) is 13.0. The molecule has 0 saturated carbocycles. The number of amides is 1. The molecule has 194 valence electrons. The van der Waals surface area contributed by atoms with Gasteiger partial charge in [0.25, 0.3) is 11.5 Å². The molecule has 9 nitrogen and oxygen atoms in total. The normalized spacial score (nSPS) is 17.6. The second-order valence-corrected chi connectivity index (χ2v) is 9.70. The van der Waals surface area contributed by atoms with Crippen LogP contribution in [0.5, 0.6) is 5.75 Å². The quantitative estimate of drug-likeness (QED) is 0.370. The number of nitrogens with zero attached hydrogens (tertiary/aromatic N) is 3. The third-order valence-electron chi connectivity index (χ3n) is 6.42. The summed E-state index contributed by atoms with van der Waals surface area (Å²) in [4.78, 5) is 58.6. The molecule has 2 aliphatic rings. The van der Waals surface area contributed by atoms with Crippen LogP contribution in [0.1, 0.15) is 44.9 Å². The Morgan fingerprint density at radius 1 is 1.05 bits per heavy atom. The molecule has 38 heavy (non-hydrogen) atoms. The zero-order chi connectivity index (χ0) is 27.1. The Balaban J connectivity index is 1.77. The molecule has 0 unspecified atom stereocenters. The monoisotopic (exact) mass is 531 g/mol. The van der Waals surface area contributed by atoms with E-state index in [0.29, 0.717) is 39.5 Å². The number of likely N-dealkylation sites (N-methyl/N-ethyl adjacent to an activating group) is 1. The summed E-state index contributed by atoms with van der Waals surface area (Å²) in [7, 11) is 0. The van der Waals surface area contributed by atoms with Gasteiger partial charge in [-0.05, 0) is 44.5 Å². The van der Waals surface area contributed by atoms with E-state index in [1.807, 2.05) is 31.2 Å². The number of fused-ring (bicyclic) bond motifs is 2. The highest BCUT2D eigenvalue weighted by molar-refractivity contribution is 7.07. The van der Waals surface area contributed by atoms with E-state index in [1.54, 1.807) is 43.0 Å². The third-order valence-corrected chi connectivity index (χ3v) is 7.47. The van der Waals surface area contributed by atoms with Crippen molar-refractivity contribution in [3.05, 3.63) is 90.6 Å². The van der Waals surface area contributed by atoms with Crippen molar-refractivity contribution in [2.45, 2.75) is 33.7 Å². The smallest absolute Gasteiger partial charge is 0.338 e. The summed E-state index contributed by atoms with van der Waals surface area (Å²) >= 11 is 1.12. The van der Waals surface area contributed by atoms with Crippen molar-refractivity contribution in [3.63, 3.8) is 0 Å². The van der Waals surface area contributed by atoms with E-state index in [-0.39, 0.29) is 22.6 Å². The van der Waals surface area contributed by atoms with E-state index < -0.39 is 23.5 Å². The van der Waals surface area contributed by atoms with Crippen molar-refractivity contribution >= 4 is 40.4 Å². The fraction of sp³-hybridized carbons (Fsp3) is 0.250. The van der Waals surface area contributed by atoms with Gasteiger partial charge in [-0.1, -0.05) is 41.7 Å². The number of esters is 2. The van der Waals surface area contributed by atoms with Gasteiger partial charge in [0, 0.05) is 19.0 Å². The molecule has 1 amide bonds. The SMILES string of the molecule is CCOC(=O)C1=C(C)N=c2s/c(=C3\C(=O)N(CC)c4ccccc43)c(=O)n2[C@H]1c1ccc(OC(C)=O)cc1. The second kappa shape index (κ2) is 9.86. The Kier molecular flexibility index (Phi) is 6.58. The number of aromatic nitrogens is 1. The summed E-state index contributed by atoms with van der Waals surface area (Å²) in [5.74, 6) is -0.956. The van der Waals surface area contributed by atoms with Crippen LogP contribution in [0.2, 0.25) is 0 Å². The predicted molar refractivity (Wildman–Crippen MR) is 142 cm³/mol. The number of hydrogen-bond donors (Lipinski definition) is 0. The maximum Gasteiger partial charge on any atom is 0.338 e. The highest BCUT2D eigenvalue weighted by Gasteiger charge is 2.36. The van der Waals surface area contributed by atoms with Crippen LogP contribution in [-0.2, 0) is 19.1 Å². The molecule has 0 radical (unpaired) electrons. The minimum Gasteiger partial charge on any atom is -0.463 e. The number of thiazole rings is 1. The molecule has 3 aromatic rings. The van der Waals surface area contributed by atoms with E-state index in [9.17, 15) is 19.2 Å². The van der Waals surface area contributed by atoms with Crippen molar-refractivity contribution < 1.29 is 23.9 Å². The zero-order valence-electron chi connectivity index (χ0n) is 21.3. The summed E-state index contributed by atoms with van der Waals surface area (Å²) in [6, 6.07) is 13.1. The molecule has 3 heterocycles. The molecular weight excluding hydrogens is 506 g/mol. The molecule has 0 N–H and O–H groups in total. The van der Waals surface area contributed by atoms with Crippen molar-refractivity contribution in [1.29, 1.82) is 0 Å². The maximum atomic E-state index is 14.1. The fourth-order valence-electron chi connectivity index (χ4n) is 4.85. The van der Waals surface area contributed by atoms with Crippen molar-refractivity contribution in [2.75, 3.05) is 18.1 Å². The van der Waals surface area contributed by atoms with Crippen LogP contribution >= 0.6 is 11.3 Å². The number of carbonyl (C=O) groups is 3. The highest BCUT2D eigenvalue weighted by Crippen LogP contribution is 2.35. The van der Waals surface area contributed by atoms with Crippen molar-refractivity contribution in [1.82, 2.24) is 4.57 Å². The Bertz CT molecular complexity index is 1700. The lowest BCUT2D eigenvalue weighted by Gasteiger charge is -2.24. The average molecular weight is 532 g/mol. The van der Waals surface area contributed by atoms with Crippen LogP contribution in [0.4, 0.5) is 5.69 Å². The largest absolute Gasteiger partial charge is 0.463 e. The van der Waals surface area contributed by atoms with Gasteiger partial charge < -0.3 is 14.4 Å². The van der Waals surface area contributed by atoms with E-state index in [0.717, 1.165) is 17.0 Å². The molecule has 10 heteroatoms. The molecule has 2 aromatic carbocycles. The van der Waals surface area contributed by atoms with E-state index in [1.165, 1.54) is 11.5 Å². The Morgan fingerprint density at radius 2 is 1.76 bits per heavy atom. The maximum absolute atomic E-state index is 14.1. The lowest BCUT2D eigenvalue weighted by Crippen LogP contribution is -2.41. The number of allylic oxidation sites excluding steroid dienone is 1. The zero-order valence-corrected chi connectivity index (χ0v) is 22.1. The Morgan fingerprint density at radius 3 is 2.42 bits per heavy atom. The van der Waals surface area contributed by atoms with Crippen LogP contribution < -0.4 is 24.5 Å². The van der Waals surface area contributed by atoms with Crippen LogP contribution in [0, 0.1) is 0 Å². The first-order chi connectivity index (χ1) is 18.3. The average Bonchev–Trinajstić information content (AvgIpc) is 3.35. The van der Waals surface area contributed by atoms with Gasteiger partial charge >= 0.3 is 11.9 Å². The first kappa shape index (κ1) is 25.3. The molecule has 1 aromatic heterocycles. The summed E-state index contributed by atoms with van der Waals surface area (Å²) in [6.07, 6.45) is 0. The van der Waals surface area contributed by atoms with Crippen molar-refractivity contribution in [3.8, 4) is 5.75 Å². The molecule has 2 aliphatic heterocycles. The molecular formula is C28H25N3O6S. The van der Waals surface area contributed by atoms with Gasteiger partial charge in [-0.15, -0.1) is 0 Å². The standard InChI is InChI=1S/C28H25N3O6S/c1-5-30-20-10-8-7-9-19(20)22(25(30)33)24-26(34)31-23(17-11-13-18(14-12-17)37-16(4)32)21(27(35)36-6-2)15(3)29-28(31)38-24/h7-14,23H,5-6H2,1-4H3/b24-22-/t23-/m0/s1. The van der Waals surface area contributed by atoms with Gasteiger partial charge in [-0.2, -0.15) is 0 Å². The number of rotatable bonds is 5. The minimum atomic E-state index is -0.847. The number of anilines is 1. The molecule has 0 aliphatic carbocycles. The minimum absolute atomic E-state index is 0.153. The fourth-order valence-corrected chi connectivity index (χ4v) is 5.99. The molecule has 0 bridgehead atoms. The lowest BCUT2D eigenvalue weighted by molar-refractivity contribution is -0.139. The second-order valence-electron chi connectivity index (χ2n) is 8.73. The van der Waals surface area contributed by atoms with Gasteiger partial charge in [-0.25, -0.2) is 9.79 Å². The molecule has 1 atom stereocenters. The molecule has 5 rings (SSSR count). The number of para-hydroxylation sites is 1. The van der Waals surface area contributed by atoms with Crippen LogP contribution in [0.25, 0.3) is 5.57 Å². The summed E-state index contributed by atoms with van der Waals surface area (Å²) in [6.45, 7) is 7.20. The van der Waals surface area contributed by atoms with Gasteiger partial charge in [0.05, 0.1) is 35.2 Å².